The monoisotopic (exact) mass is 306 g/mol. The fourth-order valence-electron chi connectivity index (χ4n) is 4.29. The number of aromatic nitrogens is 1. The van der Waals surface area contributed by atoms with Gasteiger partial charge in [-0.2, -0.15) is 0 Å². The van der Waals surface area contributed by atoms with Crippen molar-refractivity contribution in [2.45, 2.75) is 84.2 Å². The molecule has 0 radical (unpaired) electrons. The van der Waals surface area contributed by atoms with E-state index in [1.165, 1.54) is 55.6 Å². The Labute approximate surface area is 133 Å². The van der Waals surface area contributed by atoms with E-state index >= 15 is 0 Å². The first-order valence-electron chi connectivity index (χ1n) is 8.79. The molecule has 118 valence electrons. The maximum absolute atomic E-state index is 5.14. The van der Waals surface area contributed by atoms with E-state index < -0.39 is 0 Å². The van der Waals surface area contributed by atoms with Crippen LogP contribution in [0.5, 0.6) is 0 Å². The number of fused-ring (bicyclic) bond motifs is 1. The molecule has 0 saturated heterocycles. The number of nitrogens with zero attached hydrogens (tertiary/aromatic N) is 1. The minimum absolute atomic E-state index is 0.119. The van der Waals surface area contributed by atoms with E-state index in [0.717, 1.165) is 5.92 Å². The van der Waals surface area contributed by atoms with E-state index in [-0.39, 0.29) is 5.54 Å². The summed E-state index contributed by atoms with van der Waals surface area (Å²) in [5, 5.41) is 5.34. The Bertz CT molecular complexity index is 470. The highest BCUT2D eigenvalue weighted by molar-refractivity contribution is 7.11. The van der Waals surface area contributed by atoms with Crippen LogP contribution in [-0.4, -0.2) is 11.0 Å². The maximum atomic E-state index is 5.14. The van der Waals surface area contributed by atoms with E-state index in [2.05, 4.69) is 33.0 Å². The molecule has 2 aliphatic carbocycles. The van der Waals surface area contributed by atoms with Crippen LogP contribution in [0.15, 0.2) is 0 Å². The van der Waals surface area contributed by atoms with Crippen molar-refractivity contribution in [2.24, 2.45) is 11.8 Å². The molecule has 1 aromatic rings. The average Bonchev–Trinajstić information content (AvgIpc) is 2.88. The first-order valence-corrected chi connectivity index (χ1v) is 9.61. The highest BCUT2D eigenvalue weighted by Gasteiger charge is 2.45. The minimum atomic E-state index is 0.119. The van der Waals surface area contributed by atoms with Crippen molar-refractivity contribution >= 4 is 11.3 Å². The predicted octanol–water partition coefficient (Wildman–Crippen LogP) is 4.67. The molecule has 1 fully saturated rings. The molecule has 2 nitrogen and oxygen atoms in total. The molecule has 0 bridgehead atoms. The largest absolute Gasteiger partial charge is 0.303 e. The quantitative estimate of drug-likeness (QED) is 0.877. The van der Waals surface area contributed by atoms with Crippen LogP contribution in [0.25, 0.3) is 0 Å². The van der Waals surface area contributed by atoms with E-state index in [4.69, 9.17) is 4.98 Å². The van der Waals surface area contributed by atoms with Crippen molar-refractivity contribution in [3.63, 3.8) is 0 Å². The summed E-state index contributed by atoms with van der Waals surface area (Å²) in [6.45, 7) is 9.43. The van der Waals surface area contributed by atoms with Crippen molar-refractivity contribution in [3.8, 4) is 0 Å². The van der Waals surface area contributed by atoms with Crippen LogP contribution in [0.1, 0.15) is 75.4 Å². The number of hydrogen-bond donors (Lipinski definition) is 1. The summed E-state index contributed by atoms with van der Waals surface area (Å²) in [5.74, 6) is 1.45. The first kappa shape index (κ1) is 15.5. The Balaban J connectivity index is 2.00. The van der Waals surface area contributed by atoms with Gasteiger partial charge in [0.15, 0.2) is 0 Å². The van der Waals surface area contributed by atoms with Crippen LogP contribution < -0.4 is 5.32 Å². The third-order valence-electron chi connectivity index (χ3n) is 5.63. The fraction of sp³-hybridized carbons (Fsp3) is 0.833. The summed E-state index contributed by atoms with van der Waals surface area (Å²) < 4.78 is 0. The highest BCUT2D eigenvalue weighted by atomic mass is 32.1. The topological polar surface area (TPSA) is 24.9 Å². The molecule has 3 heteroatoms. The highest BCUT2D eigenvalue weighted by Crippen LogP contribution is 2.47. The Morgan fingerprint density at radius 3 is 2.67 bits per heavy atom. The van der Waals surface area contributed by atoms with Crippen LogP contribution in [0.3, 0.4) is 0 Å². The number of thiazole rings is 1. The SMILES string of the molecule is CC(C)NC1(c2nc3c(s2)CCCC3)CCCC(C)C1C. The second kappa shape index (κ2) is 6.00. The van der Waals surface area contributed by atoms with Gasteiger partial charge in [-0.1, -0.05) is 26.7 Å². The summed E-state index contributed by atoms with van der Waals surface area (Å²) in [6.07, 6.45) is 9.09. The second-order valence-electron chi connectivity index (χ2n) is 7.52. The zero-order valence-corrected chi connectivity index (χ0v) is 14.9. The Morgan fingerprint density at radius 1 is 1.19 bits per heavy atom. The normalized spacial score (nSPS) is 33.2. The van der Waals surface area contributed by atoms with Crippen molar-refractivity contribution in [1.29, 1.82) is 0 Å². The van der Waals surface area contributed by atoms with E-state index in [0.29, 0.717) is 12.0 Å². The fourth-order valence-corrected chi connectivity index (χ4v) is 5.72. The lowest BCUT2D eigenvalue weighted by atomic mass is 9.68. The molecule has 0 spiro atoms. The van der Waals surface area contributed by atoms with Gasteiger partial charge in [-0.25, -0.2) is 4.98 Å². The van der Waals surface area contributed by atoms with Crippen LogP contribution in [0.2, 0.25) is 0 Å². The zero-order valence-electron chi connectivity index (χ0n) is 14.0. The molecule has 1 heterocycles. The molecule has 3 rings (SSSR count). The average molecular weight is 307 g/mol. The maximum Gasteiger partial charge on any atom is 0.114 e. The smallest absolute Gasteiger partial charge is 0.114 e. The van der Waals surface area contributed by atoms with Crippen molar-refractivity contribution in [3.05, 3.63) is 15.6 Å². The molecule has 0 aliphatic heterocycles. The van der Waals surface area contributed by atoms with Gasteiger partial charge in [0.25, 0.3) is 0 Å². The standard InChI is InChI=1S/C18H30N2S/c1-12(2)20-18(11-7-8-13(3)14(18)4)17-19-15-9-5-6-10-16(15)21-17/h12-14,20H,5-11H2,1-4H3. The van der Waals surface area contributed by atoms with Gasteiger partial charge in [0.2, 0.25) is 0 Å². The number of hydrogen-bond acceptors (Lipinski definition) is 3. The molecule has 1 N–H and O–H groups in total. The van der Waals surface area contributed by atoms with Gasteiger partial charge in [0.05, 0.1) is 11.2 Å². The van der Waals surface area contributed by atoms with Gasteiger partial charge >= 0.3 is 0 Å². The van der Waals surface area contributed by atoms with Crippen molar-refractivity contribution in [2.75, 3.05) is 0 Å². The van der Waals surface area contributed by atoms with Gasteiger partial charge in [0.1, 0.15) is 5.01 Å². The number of rotatable bonds is 3. The van der Waals surface area contributed by atoms with Gasteiger partial charge in [-0.05, 0) is 57.8 Å². The summed E-state index contributed by atoms with van der Waals surface area (Å²) >= 11 is 2.01. The van der Waals surface area contributed by atoms with E-state index in [9.17, 15) is 0 Å². The zero-order chi connectivity index (χ0) is 15.0. The molecule has 3 unspecified atom stereocenters. The van der Waals surface area contributed by atoms with Crippen LogP contribution in [0, 0.1) is 11.8 Å². The van der Waals surface area contributed by atoms with Gasteiger partial charge in [0, 0.05) is 10.9 Å². The second-order valence-corrected chi connectivity index (χ2v) is 8.61. The van der Waals surface area contributed by atoms with Crippen LogP contribution >= 0.6 is 11.3 Å². The van der Waals surface area contributed by atoms with Gasteiger partial charge in [-0.15, -0.1) is 11.3 Å². The molecule has 21 heavy (non-hydrogen) atoms. The molecule has 0 aromatic carbocycles. The predicted molar refractivity (Wildman–Crippen MR) is 90.9 cm³/mol. The minimum Gasteiger partial charge on any atom is -0.303 e. The molecule has 3 atom stereocenters. The third-order valence-corrected chi connectivity index (χ3v) is 6.97. The number of aryl methyl sites for hydroxylation is 2. The van der Waals surface area contributed by atoms with E-state index in [1.807, 2.05) is 11.3 Å². The Kier molecular flexibility index (Phi) is 4.42. The van der Waals surface area contributed by atoms with Crippen molar-refractivity contribution < 1.29 is 0 Å². The lowest BCUT2D eigenvalue weighted by molar-refractivity contribution is 0.0942. The van der Waals surface area contributed by atoms with Gasteiger partial charge < -0.3 is 5.32 Å². The first-order chi connectivity index (χ1) is 10.0. The summed E-state index contributed by atoms with van der Waals surface area (Å²) in [4.78, 5) is 6.72. The van der Waals surface area contributed by atoms with Gasteiger partial charge in [-0.3, -0.25) is 0 Å². The summed E-state index contributed by atoms with van der Waals surface area (Å²) in [6, 6.07) is 0.513. The lowest BCUT2D eigenvalue weighted by Gasteiger charge is -2.46. The van der Waals surface area contributed by atoms with Crippen LogP contribution in [0.4, 0.5) is 0 Å². The number of nitrogens with one attached hydrogen (secondary N) is 1. The molecule has 1 aromatic heterocycles. The van der Waals surface area contributed by atoms with Crippen molar-refractivity contribution in [1.82, 2.24) is 10.3 Å². The Morgan fingerprint density at radius 2 is 1.95 bits per heavy atom. The molecular weight excluding hydrogens is 276 g/mol. The third kappa shape index (κ3) is 2.79. The molecule has 1 saturated carbocycles. The summed E-state index contributed by atoms with van der Waals surface area (Å²) in [5.41, 5.74) is 1.53. The van der Waals surface area contributed by atoms with Crippen LogP contribution in [-0.2, 0) is 18.4 Å². The molecule has 0 amide bonds. The summed E-state index contributed by atoms with van der Waals surface area (Å²) in [7, 11) is 0. The Hall–Kier alpha value is -0.410. The molecule has 2 aliphatic rings. The molecular formula is C18H30N2S. The lowest BCUT2D eigenvalue weighted by Crippen LogP contribution is -2.54. The van der Waals surface area contributed by atoms with E-state index in [1.54, 1.807) is 4.88 Å².